The van der Waals surface area contributed by atoms with Gasteiger partial charge in [0.25, 0.3) is 5.91 Å². The zero-order valence-electron chi connectivity index (χ0n) is 26.7. The van der Waals surface area contributed by atoms with Gasteiger partial charge in [0.1, 0.15) is 22.6 Å². The van der Waals surface area contributed by atoms with E-state index in [4.69, 9.17) is 0 Å². The normalized spacial score (nSPS) is 24.1. The van der Waals surface area contributed by atoms with Crippen LogP contribution in [0.15, 0.2) is 127 Å². The molecular weight excluding hydrogens is 601 g/mol. The summed E-state index contributed by atoms with van der Waals surface area (Å²) in [6.45, 7) is 3.89. The summed E-state index contributed by atoms with van der Waals surface area (Å²) >= 11 is 0. The number of carbonyl (C=O) groups is 3. The molecule has 3 aliphatic heterocycles. The van der Waals surface area contributed by atoms with Gasteiger partial charge in [-0.3, -0.25) is 19.7 Å². The zero-order chi connectivity index (χ0) is 33.2. The molecule has 7 heteroatoms. The number of halogens is 1. The van der Waals surface area contributed by atoms with Crippen LogP contribution in [0.25, 0.3) is 0 Å². The summed E-state index contributed by atoms with van der Waals surface area (Å²) in [5.41, 5.74) is 2.01. The average molecular weight is 636 g/mol. The van der Waals surface area contributed by atoms with Crippen molar-refractivity contribution in [1.29, 1.82) is 0 Å². The first-order valence-corrected chi connectivity index (χ1v) is 16.2. The van der Waals surface area contributed by atoms with E-state index < -0.39 is 28.7 Å². The first-order chi connectivity index (χ1) is 23.3. The molecule has 4 atom stereocenters. The number of nitrogens with zero attached hydrogens (tertiary/aromatic N) is 2. The van der Waals surface area contributed by atoms with E-state index in [-0.39, 0.29) is 30.7 Å². The molecule has 5 aromatic carbocycles. The molecule has 1 saturated heterocycles. The highest BCUT2D eigenvalue weighted by Gasteiger charge is 2.79. The summed E-state index contributed by atoms with van der Waals surface area (Å²) < 4.78 is 15.5. The van der Waals surface area contributed by atoms with E-state index in [0.29, 0.717) is 22.5 Å². The molecule has 0 aromatic heterocycles. The van der Waals surface area contributed by atoms with Gasteiger partial charge in [-0.2, -0.15) is 0 Å². The Balaban J connectivity index is 1.45. The SMILES string of the molecule is CC(=O)[C@H]1[C@H](c2ccccc2)N[C@]2(C(=O)N(Cc3ccccc3)c3ccc(F)cc32)[C@]12C(=O)N(Cc1ccccc1)c1ccc(C)cc12. The smallest absolute Gasteiger partial charge is 0.253 e. The Bertz CT molecular complexity index is 2090. The molecule has 238 valence electrons. The van der Waals surface area contributed by atoms with E-state index in [9.17, 15) is 4.79 Å². The van der Waals surface area contributed by atoms with Gasteiger partial charge in [-0.1, -0.05) is 109 Å². The van der Waals surface area contributed by atoms with Gasteiger partial charge in [0, 0.05) is 23.0 Å². The topological polar surface area (TPSA) is 69.7 Å². The van der Waals surface area contributed by atoms with E-state index in [1.807, 2.05) is 116 Å². The van der Waals surface area contributed by atoms with E-state index in [0.717, 1.165) is 22.3 Å². The van der Waals surface area contributed by atoms with Crippen LogP contribution in [-0.4, -0.2) is 17.6 Å². The molecule has 0 aliphatic carbocycles. The second-order valence-corrected chi connectivity index (χ2v) is 13.1. The summed E-state index contributed by atoms with van der Waals surface area (Å²) in [4.78, 5) is 48.9. The summed E-state index contributed by atoms with van der Waals surface area (Å²) in [5, 5.41) is 3.64. The van der Waals surface area contributed by atoms with Crippen LogP contribution < -0.4 is 15.1 Å². The number of benzene rings is 5. The van der Waals surface area contributed by atoms with Crippen molar-refractivity contribution < 1.29 is 18.8 Å². The van der Waals surface area contributed by atoms with Crippen molar-refractivity contribution in [3.63, 3.8) is 0 Å². The Morgan fingerprint density at radius 1 is 0.708 bits per heavy atom. The molecule has 1 fully saturated rings. The second-order valence-electron chi connectivity index (χ2n) is 13.1. The van der Waals surface area contributed by atoms with Crippen LogP contribution >= 0.6 is 0 Å². The lowest BCUT2D eigenvalue weighted by atomic mass is 9.57. The standard InChI is InChI=1S/C41H34FN3O3/c1-26-18-20-34-32(22-26)40(38(47)44(34)24-28-12-6-3-7-13-28)36(27(2)46)37(30-16-10-5-11-17-30)43-41(40)33-23-31(42)19-21-35(33)45(39(41)48)25-29-14-8-4-9-15-29/h3-23,36-37,43H,24-25H2,1-2H3/t36-,37-,40-,41+/m0/s1. The van der Waals surface area contributed by atoms with Crippen LogP contribution in [0.2, 0.25) is 0 Å². The number of ketones is 1. The van der Waals surface area contributed by atoms with Gasteiger partial charge < -0.3 is 9.80 Å². The van der Waals surface area contributed by atoms with Crippen molar-refractivity contribution in [3.8, 4) is 0 Å². The minimum atomic E-state index is -1.80. The third-order valence-corrected chi connectivity index (χ3v) is 10.4. The Labute approximate surface area is 278 Å². The maximum absolute atomic E-state index is 15.7. The quantitative estimate of drug-likeness (QED) is 0.220. The van der Waals surface area contributed by atoms with Gasteiger partial charge >= 0.3 is 0 Å². The van der Waals surface area contributed by atoms with Crippen LogP contribution in [0.3, 0.4) is 0 Å². The fourth-order valence-corrected chi connectivity index (χ4v) is 8.53. The van der Waals surface area contributed by atoms with Crippen molar-refractivity contribution in [1.82, 2.24) is 5.32 Å². The average Bonchev–Trinajstić information content (AvgIpc) is 3.64. The van der Waals surface area contributed by atoms with Crippen LogP contribution in [0.5, 0.6) is 0 Å². The number of hydrogen-bond donors (Lipinski definition) is 1. The maximum atomic E-state index is 15.7. The molecule has 5 aromatic rings. The van der Waals surface area contributed by atoms with Crippen LogP contribution in [0.4, 0.5) is 15.8 Å². The van der Waals surface area contributed by atoms with Gasteiger partial charge in [-0.15, -0.1) is 0 Å². The monoisotopic (exact) mass is 635 g/mol. The zero-order valence-corrected chi connectivity index (χ0v) is 26.7. The number of carbonyl (C=O) groups excluding carboxylic acids is 3. The van der Waals surface area contributed by atoms with Crippen LogP contribution in [0, 0.1) is 18.7 Å². The van der Waals surface area contributed by atoms with Gasteiger partial charge in [-0.05, 0) is 60.4 Å². The van der Waals surface area contributed by atoms with E-state index >= 15 is 14.0 Å². The minimum Gasteiger partial charge on any atom is -0.307 e. The molecule has 2 spiro atoms. The molecule has 6 nitrogen and oxygen atoms in total. The molecule has 8 rings (SSSR count). The molecule has 3 heterocycles. The largest absolute Gasteiger partial charge is 0.307 e. The first kappa shape index (κ1) is 30.0. The van der Waals surface area contributed by atoms with Crippen molar-refractivity contribution in [2.24, 2.45) is 5.92 Å². The van der Waals surface area contributed by atoms with Crippen molar-refractivity contribution in [3.05, 3.63) is 167 Å². The number of anilines is 2. The summed E-state index contributed by atoms with van der Waals surface area (Å²) in [6, 6.07) is 38.2. The van der Waals surface area contributed by atoms with Crippen LogP contribution in [-0.2, 0) is 38.4 Å². The van der Waals surface area contributed by atoms with E-state index in [1.165, 1.54) is 19.1 Å². The number of aryl methyl sites for hydroxylation is 1. The highest BCUT2D eigenvalue weighted by atomic mass is 19.1. The minimum absolute atomic E-state index is 0.209. The maximum Gasteiger partial charge on any atom is 0.253 e. The number of hydrogen-bond acceptors (Lipinski definition) is 4. The third-order valence-electron chi connectivity index (χ3n) is 10.4. The number of amides is 2. The highest BCUT2D eigenvalue weighted by molar-refractivity contribution is 6.21. The predicted molar refractivity (Wildman–Crippen MR) is 183 cm³/mol. The van der Waals surface area contributed by atoms with E-state index in [1.54, 1.807) is 15.9 Å². The third kappa shape index (κ3) is 4.10. The summed E-state index contributed by atoms with van der Waals surface area (Å²) in [5.74, 6) is -2.51. The van der Waals surface area contributed by atoms with E-state index in [2.05, 4.69) is 5.32 Å². The molecule has 0 unspecified atom stereocenters. The van der Waals surface area contributed by atoms with Crippen molar-refractivity contribution in [2.45, 2.75) is 43.9 Å². The van der Waals surface area contributed by atoms with Crippen molar-refractivity contribution >= 4 is 29.0 Å². The fourth-order valence-electron chi connectivity index (χ4n) is 8.53. The Morgan fingerprint density at radius 2 is 1.25 bits per heavy atom. The molecule has 3 aliphatic rings. The summed E-state index contributed by atoms with van der Waals surface area (Å²) in [6.07, 6.45) is 0. The molecule has 0 radical (unpaired) electrons. The molecule has 1 N–H and O–H groups in total. The van der Waals surface area contributed by atoms with Gasteiger partial charge in [0.15, 0.2) is 0 Å². The summed E-state index contributed by atoms with van der Waals surface area (Å²) in [7, 11) is 0. The Hall–Kier alpha value is -5.40. The predicted octanol–water partition coefficient (Wildman–Crippen LogP) is 6.91. The first-order valence-electron chi connectivity index (χ1n) is 16.2. The molecular formula is C41H34FN3O3. The van der Waals surface area contributed by atoms with Gasteiger partial charge in [0.05, 0.1) is 19.0 Å². The number of Topliss-reactive ketones (excluding diaryl/α,β-unsaturated/α-hetero) is 1. The highest BCUT2D eigenvalue weighted by Crippen LogP contribution is 2.67. The number of nitrogens with one attached hydrogen (secondary N) is 1. The van der Waals surface area contributed by atoms with Crippen LogP contribution in [0.1, 0.15) is 46.3 Å². The lowest BCUT2D eigenvalue weighted by molar-refractivity contribution is -0.138. The molecule has 48 heavy (non-hydrogen) atoms. The molecule has 0 saturated carbocycles. The Kier molecular flexibility index (Phi) is 6.93. The second kappa shape index (κ2) is 11.1. The number of rotatable bonds is 6. The lowest BCUT2D eigenvalue weighted by Gasteiger charge is -2.41. The molecule has 0 bridgehead atoms. The number of fused-ring (bicyclic) bond motifs is 5. The van der Waals surface area contributed by atoms with Gasteiger partial charge in [-0.25, -0.2) is 4.39 Å². The van der Waals surface area contributed by atoms with Crippen molar-refractivity contribution in [2.75, 3.05) is 9.80 Å². The fraction of sp³-hybridized carbons (Fsp3) is 0.195. The van der Waals surface area contributed by atoms with Gasteiger partial charge in [0.2, 0.25) is 5.91 Å². The molecule has 2 amide bonds. The Morgan fingerprint density at radius 3 is 1.85 bits per heavy atom. The lowest BCUT2D eigenvalue weighted by Crippen LogP contribution is -2.63.